The quantitative estimate of drug-likeness (QED) is 0.669. The molecule has 0 saturated carbocycles. The topological polar surface area (TPSA) is 84.7 Å². The number of amides is 1. The van der Waals surface area contributed by atoms with Crippen molar-refractivity contribution in [2.24, 2.45) is 0 Å². The van der Waals surface area contributed by atoms with Crippen LogP contribution in [-0.4, -0.2) is 36.8 Å². The summed E-state index contributed by atoms with van der Waals surface area (Å²) in [6.07, 6.45) is 0.386. The molecule has 1 saturated heterocycles. The van der Waals surface area contributed by atoms with Crippen molar-refractivity contribution >= 4 is 38.1 Å². The second-order valence-electron chi connectivity index (χ2n) is 6.54. The lowest BCUT2D eigenvalue weighted by atomic mass is 10.1. The van der Waals surface area contributed by atoms with Crippen molar-refractivity contribution in [1.82, 2.24) is 4.90 Å². The maximum Gasteiger partial charge on any atom is 0.290 e. The van der Waals surface area contributed by atoms with E-state index in [0.29, 0.717) is 17.4 Å². The Morgan fingerprint density at radius 2 is 2.04 bits per heavy atom. The molecule has 0 aliphatic carbocycles. The summed E-state index contributed by atoms with van der Waals surface area (Å²) in [6, 6.07) is 11.3. The van der Waals surface area contributed by atoms with Gasteiger partial charge in [-0.05, 0) is 30.0 Å². The van der Waals surface area contributed by atoms with E-state index in [4.69, 9.17) is 4.42 Å². The molecule has 0 radical (unpaired) electrons. The smallest absolute Gasteiger partial charge is 0.290 e. The molecule has 4 rings (SSSR count). The monoisotopic (exact) mass is 403 g/mol. The molecular formula is C19H17NO5S2. The highest BCUT2D eigenvalue weighted by atomic mass is 32.2. The Kier molecular flexibility index (Phi) is 4.61. The van der Waals surface area contributed by atoms with Gasteiger partial charge in [0.2, 0.25) is 0 Å². The minimum Gasteiger partial charge on any atom is -0.451 e. The minimum absolute atomic E-state index is 0.0631. The fourth-order valence-corrected chi connectivity index (χ4v) is 5.74. The lowest BCUT2D eigenvalue weighted by Crippen LogP contribution is -2.40. The van der Waals surface area contributed by atoms with Crippen LogP contribution in [0, 0.1) is 0 Å². The zero-order valence-electron chi connectivity index (χ0n) is 14.3. The molecule has 1 amide bonds. The maximum atomic E-state index is 13.2. The fraction of sp³-hybridized carbons (Fsp3) is 0.263. The van der Waals surface area contributed by atoms with Gasteiger partial charge >= 0.3 is 0 Å². The Balaban J connectivity index is 1.73. The van der Waals surface area contributed by atoms with Crippen molar-refractivity contribution in [2.45, 2.75) is 19.0 Å². The second-order valence-corrected chi connectivity index (χ2v) is 9.80. The average molecular weight is 403 g/mol. The van der Waals surface area contributed by atoms with Crippen LogP contribution in [0.3, 0.4) is 0 Å². The first kappa shape index (κ1) is 17.9. The molecule has 1 fully saturated rings. The van der Waals surface area contributed by atoms with Gasteiger partial charge in [-0.3, -0.25) is 9.59 Å². The van der Waals surface area contributed by atoms with E-state index in [-0.39, 0.29) is 29.2 Å². The number of rotatable bonds is 4. The molecule has 6 nitrogen and oxygen atoms in total. The number of hydrogen-bond acceptors (Lipinski definition) is 6. The Labute approximate surface area is 160 Å². The molecular weight excluding hydrogens is 386 g/mol. The fourth-order valence-electron chi connectivity index (χ4n) is 3.31. The van der Waals surface area contributed by atoms with Crippen LogP contribution in [-0.2, 0) is 16.4 Å². The molecule has 2 aromatic heterocycles. The van der Waals surface area contributed by atoms with Crippen LogP contribution in [0.2, 0.25) is 0 Å². The zero-order valence-corrected chi connectivity index (χ0v) is 16.0. The predicted molar refractivity (Wildman–Crippen MR) is 104 cm³/mol. The summed E-state index contributed by atoms with van der Waals surface area (Å²) >= 11 is 1.49. The summed E-state index contributed by atoms with van der Waals surface area (Å²) in [5.41, 5.74) is 0.0405. The first-order valence-corrected chi connectivity index (χ1v) is 11.2. The number of carbonyl (C=O) groups excluding carboxylic acids is 1. The molecule has 0 N–H and O–H groups in total. The van der Waals surface area contributed by atoms with E-state index >= 15 is 0 Å². The molecule has 27 heavy (non-hydrogen) atoms. The molecule has 1 aliphatic rings. The summed E-state index contributed by atoms with van der Waals surface area (Å²) in [6.45, 7) is 0.285. The van der Waals surface area contributed by atoms with E-state index in [1.165, 1.54) is 22.3 Å². The molecule has 3 heterocycles. The van der Waals surface area contributed by atoms with Crippen LogP contribution in [0.5, 0.6) is 0 Å². The number of sulfone groups is 1. The SMILES string of the molecule is O=C(c1cc(=O)c2ccccc2o1)N(Cc1cccs1)C1CCS(=O)(=O)C1. The highest BCUT2D eigenvalue weighted by molar-refractivity contribution is 7.91. The number of thiophene rings is 1. The Morgan fingerprint density at radius 1 is 1.22 bits per heavy atom. The van der Waals surface area contributed by atoms with E-state index in [0.717, 1.165) is 4.88 Å². The highest BCUT2D eigenvalue weighted by Crippen LogP contribution is 2.24. The van der Waals surface area contributed by atoms with Gasteiger partial charge in [0.25, 0.3) is 5.91 Å². The van der Waals surface area contributed by atoms with Gasteiger partial charge < -0.3 is 9.32 Å². The molecule has 0 spiro atoms. The van der Waals surface area contributed by atoms with Gasteiger partial charge in [-0.15, -0.1) is 11.3 Å². The first-order chi connectivity index (χ1) is 12.9. The van der Waals surface area contributed by atoms with E-state index in [9.17, 15) is 18.0 Å². The van der Waals surface area contributed by atoms with Gasteiger partial charge in [0.15, 0.2) is 21.0 Å². The molecule has 3 aromatic rings. The van der Waals surface area contributed by atoms with Crippen molar-refractivity contribution in [2.75, 3.05) is 11.5 Å². The van der Waals surface area contributed by atoms with Crippen molar-refractivity contribution in [3.05, 3.63) is 68.7 Å². The zero-order chi connectivity index (χ0) is 19.0. The van der Waals surface area contributed by atoms with Gasteiger partial charge in [0.1, 0.15) is 5.58 Å². The normalized spacial score (nSPS) is 18.6. The number of hydrogen-bond donors (Lipinski definition) is 0. The first-order valence-electron chi connectivity index (χ1n) is 8.50. The van der Waals surface area contributed by atoms with Crippen LogP contribution in [0.4, 0.5) is 0 Å². The third-order valence-corrected chi connectivity index (χ3v) is 7.27. The predicted octanol–water partition coefficient (Wildman–Crippen LogP) is 2.68. The standard InChI is InChI=1S/C19H17NO5S2/c21-16-10-18(25-17-6-2-1-5-15(16)17)19(22)20(11-14-4-3-8-26-14)13-7-9-27(23,24)12-13/h1-6,8,10,13H,7,9,11-12H2. The van der Waals surface area contributed by atoms with E-state index in [2.05, 4.69) is 0 Å². The summed E-state index contributed by atoms with van der Waals surface area (Å²) in [5.74, 6) is -0.539. The maximum absolute atomic E-state index is 13.2. The number of para-hydroxylation sites is 1. The van der Waals surface area contributed by atoms with E-state index in [1.807, 2.05) is 17.5 Å². The van der Waals surface area contributed by atoms with Crippen LogP contribution in [0.15, 0.2) is 57.1 Å². The number of benzene rings is 1. The van der Waals surface area contributed by atoms with Crippen LogP contribution >= 0.6 is 11.3 Å². The number of fused-ring (bicyclic) bond motifs is 1. The molecule has 1 atom stereocenters. The van der Waals surface area contributed by atoms with Crippen molar-refractivity contribution in [3.8, 4) is 0 Å². The summed E-state index contributed by atoms with van der Waals surface area (Å²) in [5, 5.41) is 2.31. The molecule has 140 valence electrons. The summed E-state index contributed by atoms with van der Waals surface area (Å²) in [4.78, 5) is 28.0. The van der Waals surface area contributed by atoms with Crippen LogP contribution in [0.25, 0.3) is 11.0 Å². The van der Waals surface area contributed by atoms with Crippen molar-refractivity contribution < 1.29 is 17.6 Å². The van der Waals surface area contributed by atoms with E-state index in [1.54, 1.807) is 24.3 Å². The molecule has 1 aromatic carbocycles. The van der Waals surface area contributed by atoms with Gasteiger partial charge in [-0.2, -0.15) is 0 Å². The number of nitrogens with zero attached hydrogens (tertiary/aromatic N) is 1. The Bertz CT molecular complexity index is 1150. The third kappa shape index (κ3) is 3.68. The Morgan fingerprint density at radius 3 is 2.74 bits per heavy atom. The summed E-state index contributed by atoms with van der Waals surface area (Å²) in [7, 11) is -3.16. The minimum atomic E-state index is -3.16. The van der Waals surface area contributed by atoms with Gasteiger partial charge in [0, 0.05) is 17.0 Å². The molecule has 1 unspecified atom stereocenters. The van der Waals surface area contributed by atoms with Crippen LogP contribution in [0.1, 0.15) is 21.9 Å². The highest BCUT2D eigenvalue weighted by Gasteiger charge is 2.36. The number of carbonyl (C=O) groups is 1. The molecule has 0 bridgehead atoms. The average Bonchev–Trinajstić information content (AvgIpc) is 3.28. The lowest BCUT2D eigenvalue weighted by Gasteiger charge is -2.27. The van der Waals surface area contributed by atoms with Gasteiger partial charge in [0.05, 0.1) is 23.4 Å². The van der Waals surface area contributed by atoms with Gasteiger partial charge in [-0.25, -0.2) is 8.42 Å². The summed E-state index contributed by atoms with van der Waals surface area (Å²) < 4.78 is 29.5. The van der Waals surface area contributed by atoms with Gasteiger partial charge in [-0.1, -0.05) is 18.2 Å². The largest absolute Gasteiger partial charge is 0.451 e. The van der Waals surface area contributed by atoms with Crippen LogP contribution < -0.4 is 5.43 Å². The Hall–Kier alpha value is -2.45. The molecule has 8 heteroatoms. The molecule has 1 aliphatic heterocycles. The lowest BCUT2D eigenvalue weighted by molar-refractivity contribution is 0.0651. The second kappa shape index (κ2) is 6.94. The van der Waals surface area contributed by atoms with Crippen molar-refractivity contribution in [1.29, 1.82) is 0 Å². The third-order valence-electron chi connectivity index (χ3n) is 4.66. The van der Waals surface area contributed by atoms with Crippen molar-refractivity contribution in [3.63, 3.8) is 0 Å². The van der Waals surface area contributed by atoms with E-state index < -0.39 is 21.8 Å².